The van der Waals surface area contributed by atoms with E-state index in [9.17, 15) is 0 Å². The summed E-state index contributed by atoms with van der Waals surface area (Å²) in [4.78, 5) is 0. The lowest BCUT2D eigenvalue weighted by molar-refractivity contribution is 0.270. The summed E-state index contributed by atoms with van der Waals surface area (Å²) < 4.78 is 1.69. The lowest BCUT2D eigenvalue weighted by Gasteiger charge is -2.11. The average Bonchev–Trinajstić information content (AvgIpc) is 2.75. The van der Waals surface area contributed by atoms with Gasteiger partial charge in [0.2, 0.25) is 0 Å². The third kappa shape index (κ3) is 2.00. The van der Waals surface area contributed by atoms with Crippen molar-refractivity contribution in [2.75, 3.05) is 12.3 Å². The van der Waals surface area contributed by atoms with Crippen molar-refractivity contribution in [3.63, 3.8) is 0 Å². The number of hydrogen-bond acceptors (Lipinski definition) is 3. The first-order chi connectivity index (χ1) is 7.22. The first-order valence-corrected chi connectivity index (χ1v) is 5.66. The van der Waals surface area contributed by atoms with Crippen molar-refractivity contribution in [2.24, 2.45) is 5.92 Å². The Morgan fingerprint density at radius 2 is 2.40 bits per heavy atom. The van der Waals surface area contributed by atoms with E-state index < -0.39 is 0 Å². The van der Waals surface area contributed by atoms with Gasteiger partial charge in [0.05, 0.1) is 18.8 Å². The van der Waals surface area contributed by atoms with E-state index in [4.69, 9.17) is 10.8 Å². The van der Waals surface area contributed by atoms with E-state index in [0.29, 0.717) is 24.2 Å². The first-order valence-electron chi connectivity index (χ1n) is 5.66. The van der Waals surface area contributed by atoms with Crippen molar-refractivity contribution >= 4 is 5.82 Å². The summed E-state index contributed by atoms with van der Waals surface area (Å²) in [6.07, 6.45) is 3.80. The molecule has 0 bridgehead atoms. The van der Waals surface area contributed by atoms with E-state index in [1.54, 1.807) is 4.68 Å². The fourth-order valence-corrected chi connectivity index (χ4v) is 2.49. The van der Waals surface area contributed by atoms with Crippen LogP contribution in [0.5, 0.6) is 0 Å². The Balaban J connectivity index is 2.18. The number of nitrogens with zero attached hydrogens (tertiary/aromatic N) is 2. The molecule has 3 N–H and O–H groups in total. The summed E-state index contributed by atoms with van der Waals surface area (Å²) in [5, 5.41) is 13.3. The minimum Gasteiger partial charge on any atom is -0.394 e. The zero-order valence-electron chi connectivity index (χ0n) is 9.19. The molecule has 1 aliphatic carbocycles. The molecular weight excluding hydrogens is 190 g/mol. The van der Waals surface area contributed by atoms with Gasteiger partial charge in [-0.2, -0.15) is 5.10 Å². The van der Waals surface area contributed by atoms with E-state index in [2.05, 4.69) is 12.0 Å². The fourth-order valence-electron chi connectivity index (χ4n) is 2.49. The molecule has 1 aromatic rings. The normalized spacial score (nSPS) is 26.0. The molecule has 2 unspecified atom stereocenters. The van der Waals surface area contributed by atoms with Gasteiger partial charge in [0.1, 0.15) is 5.82 Å². The van der Waals surface area contributed by atoms with Gasteiger partial charge in [-0.15, -0.1) is 0 Å². The van der Waals surface area contributed by atoms with Gasteiger partial charge < -0.3 is 10.8 Å². The summed E-state index contributed by atoms with van der Waals surface area (Å²) in [7, 11) is 0. The topological polar surface area (TPSA) is 64.1 Å². The highest BCUT2D eigenvalue weighted by Gasteiger charge is 2.27. The molecule has 4 nitrogen and oxygen atoms in total. The maximum Gasteiger partial charge on any atom is 0.122 e. The molecule has 1 saturated carbocycles. The zero-order valence-corrected chi connectivity index (χ0v) is 9.19. The molecule has 0 spiro atoms. The molecule has 15 heavy (non-hydrogen) atoms. The minimum atomic E-state index is 0.0888. The summed E-state index contributed by atoms with van der Waals surface area (Å²) in [5.41, 5.74) is 6.93. The molecule has 4 heteroatoms. The van der Waals surface area contributed by atoms with Gasteiger partial charge >= 0.3 is 0 Å². The molecule has 0 aromatic carbocycles. The Hall–Kier alpha value is -1.03. The number of nitrogens with two attached hydrogens (primary N) is 1. The van der Waals surface area contributed by atoms with Crippen LogP contribution in [0.4, 0.5) is 5.82 Å². The van der Waals surface area contributed by atoms with E-state index in [1.165, 1.54) is 19.3 Å². The smallest absolute Gasteiger partial charge is 0.122 e. The fraction of sp³-hybridized carbons (Fsp3) is 0.727. The Morgan fingerprint density at radius 3 is 3.00 bits per heavy atom. The number of aliphatic hydroxyl groups is 1. The van der Waals surface area contributed by atoms with Crippen LogP contribution in [0.1, 0.15) is 37.8 Å². The van der Waals surface area contributed by atoms with E-state index in [1.807, 2.05) is 6.07 Å². The van der Waals surface area contributed by atoms with Crippen molar-refractivity contribution in [3.8, 4) is 0 Å². The largest absolute Gasteiger partial charge is 0.394 e. The second-order valence-electron chi connectivity index (χ2n) is 4.46. The minimum absolute atomic E-state index is 0.0888. The number of rotatable bonds is 3. The standard InChI is InChI=1S/C11H19N3O/c1-8-3-2-4-9(8)10-7-11(12)14(13-10)5-6-15/h7-9,15H,2-6,12H2,1H3. The lowest BCUT2D eigenvalue weighted by atomic mass is 9.95. The van der Waals surface area contributed by atoms with Crippen molar-refractivity contribution in [1.29, 1.82) is 0 Å². The number of hydrogen-bond donors (Lipinski definition) is 2. The van der Waals surface area contributed by atoms with Crippen molar-refractivity contribution in [2.45, 2.75) is 38.6 Å². The monoisotopic (exact) mass is 209 g/mol. The molecule has 0 radical (unpaired) electrons. The second-order valence-corrected chi connectivity index (χ2v) is 4.46. The van der Waals surface area contributed by atoms with Gasteiger partial charge in [-0.25, -0.2) is 4.68 Å². The third-order valence-electron chi connectivity index (χ3n) is 3.38. The molecule has 1 aromatic heterocycles. The predicted molar refractivity (Wildman–Crippen MR) is 59.5 cm³/mol. The van der Waals surface area contributed by atoms with Crippen LogP contribution in [0.3, 0.4) is 0 Å². The highest BCUT2D eigenvalue weighted by Crippen LogP contribution is 2.38. The van der Waals surface area contributed by atoms with Crippen LogP contribution >= 0.6 is 0 Å². The Morgan fingerprint density at radius 1 is 1.60 bits per heavy atom. The van der Waals surface area contributed by atoms with Crippen LogP contribution in [-0.4, -0.2) is 21.5 Å². The third-order valence-corrected chi connectivity index (χ3v) is 3.38. The maximum absolute atomic E-state index is 8.85. The number of anilines is 1. The molecule has 2 atom stereocenters. The van der Waals surface area contributed by atoms with Gasteiger partial charge in [0.15, 0.2) is 0 Å². The molecule has 84 valence electrons. The van der Waals surface area contributed by atoms with Crippen LogP contribution in [0.15, 0.2) is 6.07 Å². The molecule has 0 aliphatic heterocycles. The lowest BCUT2D eigenvalue weighted by Crippen LogP contribution is -2.09. The van der Waals surface area contributed by atoms with Crippen molar-refractivity contribution in [3.05, 3.63) is 11.8 Å². The Kier molecular flexibility index (Phi) is 2.95. The Bertz CT molecular complexity index is 335. The van der Waals surface area contributed by atoms with E-state index >= 15 is 0 Å². The van der Waals surface area contributed by atoms with Gasteiger partial charge in [0, 0.05) is 12.0 Å². The predicted octanol–water partition coefficient (Wildman–Crippen LogP) is 1.36. The summed E-state index contributed by atoms with van der Waals surface area (Å²) in [6, 6.07) is 1.96. The van der Waals surface area contributed by atoms with Gasteiger partial charge in [-0.3, -0.25) is 0 Å². The van der Waals surface area contributed by atoms with Crippen LogP contribution < -0.4 is 5.73 Å². The highest BCUT2D eigenvalue weighted by molar-refractivity contribution is 5.32. The van der Waals surface area contributed by atoms with Crippen molar-refractivity contribution < 1.29 is 5.11 Å². The van der Waals surface area contributed by atoms with Gasteiger partial charge in [-0.1, -0.05) is 19.8 Å². The molecule has 0 saturated heterocycles. The number of aliphatic hydroxyl groups excluding tert-OH is 1. The molecular formula is C11H19N3O. The van der Waals surface area contributed by atoms with Crippen LogP contribution in [0.25, 0.3) is 0 Å². The number of nitrogen functional groups attached to an aromatic ring is 1. The SMILES string of the molecule is CC1CCCC1c1cc(N)n(CCO)n1. The second kappa shape index (κ2) is 4.23. The quantitative estimate of drug-likeness (QED) is 0.790. The number of aromatic nitrogens is 2. The average molecular weight is 209 g/mol. The maximum atomic E-state index is 8.85. The summed E-state index contributed by atoms with van der Waals surface area (Å²) in [5.74, 6) is 1.94. The summed E-state index contributed by atoms with van der Waals surface area (Å²) in [6.45, 7) is 2.86. The molecule has 2 rings (SSSR count). The van der Waals surface area contributed by atoms with Gasteiger partial charge in [-0.05, 0) is 12.3 Å². The van der Waals surface area contributed by atoms with Gasteiger partial charge in [0.25, 0.3) is 0 Å². The Labute approximate surface area is 90.1 Å². The van der Waals surface area contributed by atoms with Crippen molar-refractivity contribution in [1.82, 2.24) is 9.78 Å². The van der Waals surface area contributed by atoms with Crippen LogP contribution in [0, 0.1) is 5.92 Å². The first kappa shape index (κ1) is 10.5. The summed E-state index contributed by atoms with van der Waals surface area (Å²) >= 11 is 0. The molecule has 1 aliphatic rings. The zero-order chi connectivity index (χ0) is 10.8. The van der Waals surface area contributed by atoms with E-state index in [0.717, 1.165) is 5.69 Å². The molecule has 1 heterocycles. The molecule has 0 amide bonds. The van der Waals surface area contributed by atoms with Crippen LogP contribution in [0.2, 0.25) is 0 Å². The van der Waals surface area contributed by atoms with E-state index in [-0.39, 0.29) is 6.61 Å². The molecule has 1 fully saturated rings. The highest BCUT2D eigenvalue weighted by atomic mass is 16.3. The van der Waals surface area contributed by atoms with Crippen LogP contribution in [-0.2, 0) is 6.54 Å².